The van der Waals surface area contributed by atoms with Crippen molar-refractivity contribution in [3.8, 4) is 0 Å². The van der Waals surface area contributed by atoms with E-state index in [1.807, 2.05) is 54.1 Å². The molecular formula is C24H27N7O. The highest BCUT2D eigenvalue weighted by Crippen LogP contribution is 2.28. The molecule has 1 aliphatic heterocycles. The maximum Gasteiger partial charge on any atom is 0.253 e. The number of nitrogens with one attached hydrogen (secondary N) is 1. The molecule has 0 saturated carbocycles. The molecular weight excluding hydrogens is 402 g/mol. The minimum Gasteiger partial charge on any atom is -0.321 e. The van der Waals surface area contributed by atoms with Gasteiger partial charge in [0.1, 0.15) is 6.04 Å². The second-order valence-corrected chi connectivity index (χ2v) is 8.52. The first kappa shape index (κ1) is 20.5. The highest BCUT2D eigenvalue weighted by molar-refractivity contribution is 5.82. The number of hydrogen-bond donors (Lipinski definition) is 1. The number of fused-ring (bicyclic) bond motifs is 1. The average molecular weight is 430 g/mol. The highest BCUT2D eigenvalue weighted by atomic mass is 16.1. The Bertz CT molecular complexity index is 1270. The summed E-state index contributed by atoms with van der Waals surface area (Å²) in [6.45, 7) is 6.10. The van der Waals surface area contributed by atoms with Crippen molar-refractivity contribution >= 4 is 10.9 Å². The Balaban J connectivity index is 1.62. The summed E-state index contributed by atoms with van der Waals surface area (Å²) in [4.78, 5) is 21.1. The third kappa shape index (κ3) is 3.94. The Kier molecular flexibility index (Phi) is 5.55. The van der Waals surface area contributed by atoms with Crippen molar-refractivity contribution < 1.29 is 0 Å². The summed E-state index contributed by atoms with van der Waals surface area (Å²) in [5, 5.41) is 13.7. The lowest BCUT2D eigenvalue weighted by Gasteiger charge is -2.37. The predicted octanol–water partition coefficient (Wildman–Crippen LogP) is 2.21. The van der Waals surface area contributed by atoms with E-state index in [0.717, 1.165) is 48.2 Å². The molecule has 0 unspecified atom stereocenters. The van der Waals surface area contributed by atoms with E-state index < -0.39 is 0 Å². The molecule has 3 heterocycles. The van der Waals surface area contributed by atoms with Crippen LogP contribution >= 0.6 is 0 Å². The number of likely N-dealkylation sites (N-methyl/N-ethyl adjacent to an activating group) is 1. The van der Waals surface area contributed by atoms with Crippen LogP contribution in [0.1, 0.15) is 28.6 Å². The summed E-state index contributed by atoms with van der Waals surface area (Å²) in [6.07, 6.45) is 0. The molecule has 2 aromatic heterocycles. The molecule has 4 aromatic rings. The lowest BCUT2D eigenvalue weighted by Crippen LogP contribution is -2.47. The first-order valence-corrected chi connectivity index (χ1v) is 11.0. The lowest BCUT2D eigenvalue weighted by molar-refractivity contribution is 0.121. The fourth-order valence-electron chi connectivity index (χ4n) is 4.46. The van der Waals surface area contributed by atoms with Gasteiger partial charge in [0, 0.05) is 31.7 Å². The second kappa shape index (κ2) is 8.64. The number of aromatic nitrogens is 5. The number of benzene rings is 2. The van der Waals surface area contributed by atoms with Crippen LogP contribution in [0.25, 0.3) is 10.9 Å². The van der Waals surface area contributed by atoms with Crippen LogP contribution in [0.4, 0.5) is 0 Å². The number of tetrazole rings is 1. The third-order valence-corrected chi connectivity index (χ3v) is 6.29. The molecule has 1 aliphatic rings. The highest BCUT2D eigenvalue weighted by Gasteiger charge is 2.32. The van der Waals surface area contributed by atoms with Gasteiger partial charge in [0.05, 0.1) is 12.1 Å². The SMILES string of the molecule is Cc1cccc2cc([C@H](c3nnnn3Cc3ccccc3)N3CCN(C)CC3)c(=O)[nH]c12. The maximum atomic E-state index is 13.3. The number of H-pyrrole nitrogens is 1. The summed E-state index contributed by atoms with van der Waals surface area (Å²) < 4.78 is 1.82. The van der Waals surface area contributed by atoms with Gasteiger partial charge in [0.2, 0.25) is 0 Å². The van der Waals surface area contributed by atoms with Crippen LogP contribution in [-0.2, 0) is 6.54 Å². The summed E-state index contributed by atoms with van der Waals surface area (Å²) in [5.41, 5.74) is 3.63. The number of hydrogen-bond acceptors (Lipinski definition) is 6. The van der Waals surface area contributed by atoms with Gasteiger partial charge in [-0.3, -0.25) is 9.69 Å². The summed E-state index contributed by atoms with van der Waals surface area (Å²) in [5.74, 6) is 0.691. The van der Waals surface area contributed by atoms with Crippen molar-refractivity contribution in [2.24, 2.45) is 0 Å². The van der Waals surface area contributed by atoms with Crippen molar-refractivity contribution in [2.75, 3.05) is 33.2 Å². The Morgan fingerprint density at radius 3 is 2.59 bits per heavy atom. The molecule has 1 atom stereocenters. The number of nitrogens with zero attached hydrogens (tertiary/aromatic N) is 6. The Morgan fingerprint density at radius 2 is 1.81 bits per heavy atom. The molecule has 0 radical (unpaired) electrons. The fraction of sp³-hybridized carbons (Fsp3) is 0.333. The van der Waals surface area contributed by atoms with Crippen molar-refractivity contribution in [2.45, 2.75) is 19.5 Å². The van der Waals surface area contributed by atoms with Crippen molar-refractivity contribution in [1.29, 1.82) is 0 Å². The fourth-order valence-corrected chi connectivity index (χ4v) is 4.46. The molecule has 8 nitrogen and oxygen atoms in total. The number of para-hydroxylation sites is 1. The molecule has 0 spiro atoms. The number of aromatic amines is 1. The van der Waals surface area contributed by atoms with Crippen LogP contribution in [0, 0.1) is 6.92 Å². The van der Waals surface area contributed by atoms with E-state index in [0.29, 0.717) is 17.9 Å². The lowest BCUT2D eigenvalue weighted by atomic mass is 10.0. The van der Waals surface area contributed by atoms with E-state index in [1.54, 1.807) is 0 Å². The van der Waals surface area contributed by atoms with E-state index in [9.17, 15) is 4.79 Å². The first-order chi connectivity index (χ1) is 15.6. The van der Waals surface area contributed by atoms with Crippen LogP contribution < -0.4 is 5.56 Å². The first-order valence-electron chi connectivity index (χ1n) is 11.0. The quantitative estimate of drug-likeness (QED) is 0.524. The van der Waals surface area contributed by atoms with Gasteiger partial charge in [0.25, 0.3) is 5.56 Å². The molecule has 1 N–H and O–H groups in total. The average Bonchev–Trinajstić information content (AvgIpc) is 3.24. The van der Waals surface area contributed by atoms with Crippen molar-refractivity contribution in [3.05, 3.63) is 87.5 Å². The van der Waals surface area contributed by atoms with E-state index in [2.05, 4.69) is 49.5 Å². The number of rotatable bonds is 5. The summed E-state index contributed by atoms with van der Waals surface area (Å²) in [6, 6.07) is 17.9. The van der Waals surface area contributed by atoms with Crippen molar-refractivity contribution in [3.63, 3.8) is 0 Å². The normalized spacial score (nSPS) is 16.4. The Hall–Kier alpha value is -3.36. The topological polar surface area (TPSA) is 82.9 Å². The molecule has 1 fully saturated rings. The zero-order valence-corrected chi connectivity index (χ0v) is 18.4. The van der Waals surface area contributed by atoms with E-state index in [4.69, 9.17) is 0 Å². The van der Waals surface area contributed by atoms with Crippen LogP contribution in [0.3, 0.4) is 0 Å². The molecule has 8 heteroatoms. The van der Waals surface area contributed by atoms with Gasteiger partial charge >= 0.3 is 0 Å². The van der Waals surface area contributed by atoms with Gasteiger partial charge in [-0.25, -0.2) is 4.68 Å². The summed E-state index contributed by atoms with van der Waals surface area (Å²) >= 11 is 0. The predicted molar refractivity (Wildman–Crippen MR) is 124 cm³/mol. The van der Waals surface area contributed by atoms with E-state index in [-0.39, 0.29) is 11.6 Å². The molecule has 5 rings (SSSR count). The number of pyridine rings is 1. The molecule has 0 aliphatic carbocycles. The zero-order valence-electron chi connectivity index (χ0n) is 18.4. The standard InChI is InChI=1S/C24H27N7O/c1-17-7-6-10-19-15-20(24(32)25-21(17)19)22(30-13-11-29(2)12-14-30)23-26-27-28-31(23)16-18-8-4-3-5-9-18/h3-10,15,22H,11-14,16H2,1-2H3,(H,25,32)/t22-/m1/s1. The molecule has 0 amide bonds. The second-order valence-electron chi connectivity index (χ2n) is 8.52. The molecule has 1 saturated heterocycles. The van der Waals surface area contributed by atoms with Gasteiger partial charge in [-0.1, -0.05) is 48.5 Å². The van der Waals surface area contributed by atoms with Gasteiger partial charge in [-0.15, -0.1) is 5.10 Å². The van der Waals surface area contributed by atoms with Crippen LogP contribution in [0.15, 0.2) is 59.4 Å². The Labute approximate surface area is 186 Å². The minimum atomic E-state index is -0.323. The van der Waals surface area contributed by atoms with Gasteiger partial charge in [-0.2, -0.15) is 0 Å². The molecule has 32 heavy (non-hydrogen) atoms. The van der Waals surface area contributed by atoms with Gasteiger partial charge in [-0.05, 0) is 47.0 Å². The van der Waals surface area contributed by atoms with Crippen LogP contribution in [0.2, 0.25) is 0 Å². The number of aryl methyl sites for hydroxylation is 1. The van der Waals surface area contributed by atoms with Crippen LogP contribution in [0.5, 0.6) is 0 Å². The maximum absolute atomic E-state index is 13.3. The van der Waals surface area contributed by atoms with E-state index >= 15 is 0 Å². The summed E-state index contributed by atoms with van der Waals surface area (Å²) in [7, 11) is 2.12. The van der Waals surface area contributed by atoms with E-state index in [1.165, 1.54) is 0 Å². The number of piperazine rings is 1. The Morgan fingerprint density at radius 1 is 1.03 bits per heavy atom. The third-order valence-electron chi connectivity index (χ3n) is 6.29. The minimum absolute atomic E-state index is 0.0926. The zero-order chi connectivity index (χ0) is 22.1. The largest absolute Gasteiger partial charge is 0.321 e. The molecule has 164 valence electrons. The van der Waals surface area contributed by atoms with Crippen molar-refractivity contribution in [1.82, 2.24) is 35.0 Å². The smallest absolute Gasteiger partial charge is 0.253 e. The van der Waals surface area contributed by atoms with Gasteiger partial charge in [0.15, 0.2) is 5.82 Å². The van der Waals surface area contributed by atoms with Crippen LogP contribution in [-0.4, -0.2) is 68.2 Å². The monoisotopic (exact) mass is 429 g/mol. The molecule has 2 aromatic carbocycles. The van der Waals surface area contributed by atoms with Gasteiger partial charge < -0.3 is 9.88 Å². The molecule has 0 bridgehead atoms.